The topological polar surface area (TPSA) is 57.0 Å². The minimum atomic E-state index is 0.199. The van der Waals surface area contributed by atoms with Crippen LogP contribution in [0.1, 0.15) is 35.9 Å². The van der Waals surface area contributed by atoms with Crippen LogP contribution in [0.15, 0.2) is 40.8 Å². The minimum absolute atomic E-state index is 0.199. The average Bonchev–Trinajstić information content (AvgIpc) is 3.48. The molecule has 0 bridgehead atoms. The highest BCUT2D eigenvalue weighted by atomic mass is 35.5. The summed E-state index contributed by atoms with van der Waals surface area (Å²) in [6.07, 6.45) is 2.23. The number of likely N-dealkylation sites (tertiary alicyclic amines) is 1. The number of para-hydroxylation sites is 1. The number of benzene rings is 2. The maximum absolute atomic E-state index is 6.45. The summed E-state index contributed by atoms with van der Waals surface area (Å²) >= 11 is 6.45. The van der Waals surface area contributed by atoms with Gasteiger partial charge in [0.25, 0.3) is 0 Å². The number of ether oxygens (including phenoxy) is 3. The molecule has 1 unspecified atom stereocenters. The third-order valence-corrected chi connectivity index (χ3v) is 6.11. The molecule has 0 radical (unpaired) electrons. The Morgan fingerprint density at radius 2 is 2.00 bits per heavy atom. The third kappa shape index (κ3) is 3.40. The van der Waals surface area contributed by atoms with E-state index in [1.165, 1.54) is 5.56 Å². The number of aryl methyl sites for hydroxylation is 1. The molecule has 1 saturated heterocycles. The summed E-state index contributed by atoms with van der Waals surface area (Å²) in [6, 6.07) is 12.1. The maximum Gasteiger partial charge on any atom is 0.231 e. The normalized spacial score (nSPS) is 18.2. The summed E-state index contributed by atoms with van der Waals surface area (Å²) in [6.45, 7) is 3.86. The Labute approximate surface area is 180 Å². The number of hydrogen-bond acceptors (Lipinski definition) is 6. The third-order valence-electron chi connectivity index (χ3n) is 5.80. The molecule has 6 nitrogen and oxygen atoms in total. The van der Waals surface area contributed by atoms with Crippen LogP contribution in [0, 0.1) is 6.92 Å². The van der Waals surface area contributed by atoms with Crippen molar-refractivity contribution in [1.82, 2.24) is 9.88 Å². The zero-order valence-electron chi connectivity index (χ0n) is 17.0. The molecule has 3 heterocycles. The monoisotopic (exact) mass is 426 g/mol. The van der Waals surface area contributed by atoms with Crippen molar-refractivity contribution in [2.75, 3.05) is 20.4 Å². The van der Waals surface area contributed by atoms with E-state index in [9.17, 15) is 0 Å². The van der Waals surface area contributed by atoms with Crippen LogP contribution in [-0.4, -0.2) is 30.3 Å². The molecule has 7 heteroatoms. The summed E-state index contributed by atoms with van der Waals surface area (Å²) < 4.78 is 22.4. The van der Waals surface area contributed by atoms with Crippen LogP contribution in [0.5, 0.6) is 17.2 Å². The van der Waals surface area contributed by atoms with E-state index in [1.54, 1.807) is 13.2 Å². The number of aromatic nitrogens is 1. The molecule has 30 heavy (non-hydrogen) atoms. The van der Waals surface area contributed by atoms with E-state index >= 15 is 0 Å². The van der Waals surface area contributed by atoms with Gasteiger partial charge in [-0.1, -0.05) is 29.8 Å². The molecular weight excluding hydrogens is 404 g/mol. The second-order valence-corrected chi connectivity index (χ2v) is 7.98. The SMILES string of the molecule is COc1ccccc1C1CCCN1Cc1nc(-c2cc3c(cc2Cl)OCO3)oc1C. The Bertz CT molecular complexity index is 1080. The van der Waals surface area contributed by atoms with Gasteiger partial charge in [-0.3, -0.25) is 4.90 Å². The lowest BCUT2D eigenvalue weighted by atomic mass is 10.0. The van der Waals surface area contributed by atoms with Gasteiger partial charge in [-0.25, -0.2) is 4.98 Å². The highest BCUT2D eigenvalue weighted by Gasteiger charge is 2.30. The molecule has 1 fully saturated rings. The molecule has 0 amide bonds. The van der Waals surface area contributed by atoms with Crippen molar-refractivity contribution in [3.8, 4) is 28.7 Å². The molecular formula is C23H23ClN2O4. The summed E-state index contributed by atoms with van der Waals surface area (Å²) in [4.78, 5) is 7.22. The van der Waals surface area contributed by atoms with Gasteiger partial charge in [0.1, 0.15) is 11.5 Å². The number of methoxy groups -OCH3 is 1. The molecule has 2 aliphatic heterocycles. The minimum Gasteiger partial charge on any atom is -0.496 e. The molecule has 1 atom stereocenters. The number of hydrogen-bond donors (Lipinski definition) is 0. The highest BCUT2D eigenvalue weighted by Crippen LogP contribution is 2.42. The van der Waals surface area contributed by atoms with Gasteiger partial charge < -0.3 is 18.6 Å². The second-order valence-electron chi connectivity index (χ2n) is 7.58. The first-order chi connectivity index (χ1) is 14.6. The van der Waals surface area contributed by atoms with Gasteiger partial charge in [0, 0.05) is 24.2 Å². The fourth-order valence-electron chi connectivity index (χ4n) is 4.27. The molecule has 0 N–H and O–H groups in total. The Morgan fingerprint density at radius 1 is 1.20 bits per heavy atom. The van der Waals surface area contributed by atoms with Crippen LogP contribution in [0.3, 0.4) is 0 Å². The molecule has 5 rings (SSSR count). The van der Waals surface area contributed by atoms with E-state index in [0.29, 0.717) is 40.6 Å². The van der Waals surface area contributed by atoms with Gasteiger partial charge in [0.2, 0.25) is 12.7 Å². The quantitative estimate of drug-likeness (QED) is 0.546. The molecule has 156 valence electrons. The first kappa shape index (κ1) is 19.3. The van der Waals surface area contributed by atoms with Crippen molar-refractivity contribution >= 4 is 11.6 Å². The number of rotatable bonds is 5. The standard InChI is InChI=1S/C23H23ClN2O4/c1-14-18(12-26-9-5-7-19(26)15-6-3-4-8-20(15)27-2)25-23(30-14)16-10-21-22(11-17(16)24)29-13-28-21/h3-4,6,8,10-11,19H,5,7,9,12-13H2,1-2H3. The van der Waals surface area contributed by atoms with Crippen molar-refractivity contribution in [1.29, 1.82) is 0 Å². The van der Waals surface area contributed by atoms with E-state index in [0.717, 1.165) is 36.6 Å². The molecule has 0 aliphatic carbocycles. The number of halogens is 1. The van der Waals surface area contributed by atoms with Crippen LogP contribution in [0.2, 0.25) is 5.02 Å². The first-order valence-electron chi connectivity index (χ1n) is 10.1. The molecule has 2 aliphatic rings. The Hall–Kier alpha value is -2.70. The van der Waals surface area contributed by atoms with E-state index in [2.05, 4.69) is 17.0 Å². The van der Waals surface area contributed by atoms with Crippen molar-refractivity contribution in [2.45, 2.75) is 32.4 Å². The predicted octanol–water partition coefficient (Wildman–Crippen LogP) is 5.38. The van der Waals surface area contributed by atoms with Crippen LogP contribution >= 0.6 is 11.6 Å². The predicted molar refractivity (Wildman–Crippen MR) is 113 cm³/mol. The second kappa shape index (κ2) is 7.85. The maximum atomic E-state index is 6.45. The van der Waals surface area contributed by atoms with Gasteiger partial charge in [-0.2, -0.15) is 0 Å². The van der Waals surface area contributed by atoms with Gasteiger partial charge in [-0.05, 0) is 38.4 Å². The number of oxazole rings is 1. The average molecular weight is 427 g/mol. The summed E-state index contributed by atoms with van der Waals surface area (Å²) in [5, 5.41) is 0.528. The van der Waals surface area contributed by atoms with Gasteiger partial charge >= 0.3 is 0 Å². The van der Waals surface area contributed by atoms with Crippen LogP contribution < -0.4 is 14.2 Å². The fourth-order valence-corrected chi connectivity index (χ4v) is 4.51. The fraction of sp³-hybridized carbons (Fsp3) is 0.348. The largest absolute Gasteiger partial charge is 0.496 e. The first-order valence-corrected chi connectivity index (χ1v) is 10.4. The number of nitrogens with zero attached hydrogens (tertiary/aromatic N) is 2. The summed E-state index contributed by atoms with van der Waals surface area (Å²) in [5.41, 5.74) is 2.84. The smallest absolute Gasteiger partial charge is 0.231 e. The lowest BCUT2D eigenvalue weighted by Crippen LogP contribution is -2.23. The summed E-state index contributed by atoms with van der Waals surface area (Å²) in [5.74, 6) is 3.52. The highest BCUT2D eigenvalue weighted by molar-refractivity contribution is 6.33. The van der Waals surface area contributed by atoms with Crippen LogP contribution in [0.25, 0.3) is 11.5 Å². The zero-order valence-corrected chi connectivity index (χ0v) is 17.7. The van der Waals surface area contributed by atoms with Crippen molar-refractivity contribution in [2.24, 2.45) is 0 Å². The Kier molecular flexibility index (Phi) is 5.05. The van der Waals surface area contributed by atoms with Gasteiger partial charge in [-0.15, -0.1) is 0 Å². The molecule has 2 aromatic carbocycles. The molecule has 3 aromatic rings. The van der Waals surface area contributed by atoms with E-state index < -0.39 is 0 Å². The Morgan fingerprint density at radius 3 is 2.83 bits per heavy atom. The molecule has 1 aromatic heterocycles. The summed E-state index contributed by atoms with van der Waals surface area (Å²) in [7, 11) is 1.72. The molecule has 0 saturated carbocycles. The van der Waals surface area contributed by atoms with E-state index in [1.807, 2.05) is 25.1 Å². The van der Waals surface area contributed by atoms with Crippen molar-refractivity contribution < 1.29 is 18.6 Å². The number of fused-ring (bicyclic) bond motifs is 1. The lowest BCUT2D eigenvalue weighted by molar-refractivity contribution is 0.174. The zero-order chi connectivity index (χ0) is 20.7. The van der Waals surface area contributed by atoms with Crippen LogP contribution in [0.4, 0.5) is 0 Å². The molecule has 0 spiro atoms. The van der Waals surface area contributed by atoms with Gasteiger partial charge in [0.05, 0.1) is 23.4 Å². The van der Waals surface area contributed by atoms with Gasteiger partial charge in [0.15, 0.2) is 11.5 Å². The van der Waals surface area contributed by atoms with Crippen LogP contribution in [-0.2, 0) is 6.54 Å². The van der Waals surface area contributed by atoms with Crippen molar-refractivity contribution in [3.63, 3.8) is 0 Å². The lowest BCUT2D eigenvalue weighted by Gasteiger charge is -2.25. The Balaban J connectivity index is 1.42. The van der Waals surface area contributed by atoms with E-state index in [-0.39, 0.29) is 6.79 Å². The van der Waals surface area contributed by atoms with Crippen molar-refractivity contribution in [3.05, 3.63) is 58.4 Å². The van der Waals surface area contributed by atoms with E-state index in [4.69, 9.17) is 35.2 Å².